The zero-order valence-electron chi connectivity index (χ0n) is 12.1. The minimum Gasteiger partial charge on any atom is -0.488 e. The van der Waals surface area contributed by atoms with Crippen molar-refractivity contribution in [1.29, 1.82) is 0 Å². The summed E-state index contributed by atoms with van der Waals surface area (Å²) in [5.74, 6) is 2.35. The molecule has 1 N–H and O–H groups in total. The molecule has 0 spiro atoms. The van der Waals surface area contributed by atoms with Crippen molar-refractivity contribution in [3.8, 4) is 11.6 Å². The van der Waals surface area contributed by atoms with E-state index in [4.69, 9.17) is 9.47 Å². The van der Waals surface area contributed by atoms with Crippen LogP contribution < -0.4 is 14.8 Å². The fourth-order valence-corrected chi connectivity index (χ4v) is 2.31. The van der Waals surface area contributed by atoms with Crippen molar-refractivity contribution >= 4 is 5.82 Å². The monoisotopic (exact) mass is 285 g/mol. The van der Waals surface area contributed by atoms with Crippen LogP contribution >= 0.6 is 0 Å². The average molecular weight is 285 g/mol. The number of ether oxygens (including phenoxy) is 2. The van der Waals surface area contributed by atoms with Crippen LogP contribution in [0.15, 0.2) is 36.7 Å². The Morgan fingerprint density at radius 1 is 1.33 bits per heavy atom. The van der Waals surface area contributed by atoms with E-state index in [1.807, 2.05) is 24.3 Å². The van der Waals surface area contributed by atoms with Crippen LogP contribution in [0.2, 0.25) is 0 Å². The van der Waals surface area contributed by atoms with Gasteiger partial charge in [-0.3, -0.25) is 0 Å². The Morgan fingerprint density at radius 3 is 3.10 bits per heavy atom. The fourth-order valence-electron chi connectivity index (χ4n) is 2.31. The normalized spacial score (nSPS) is 16.1. The van der Waals surface area contributed by atoms with Crippen molar-refractivity contribution in [3.63, 3.8) is 0 Å². The van der Waals surface area contributed by atoms with Gasteiger partial charge < -0.3 is 14.8 Å². The number of benzene rings is 1. The summed E-state index contributed by atoms with van der Waals surface area (Å²) in [4.78, 5) is 8.28. The van der Waals surface area contributed by atoms with Gasteiger partial charge in [-0.25, -0.2) is 9.97 Å². The van der Waals surface area contributed by atoms with Crippen molar-refractivity contribution < 1.29 is 9.47 Å². The third-order valence-electron chi connectivity index (χ3n) is 3.32. The number of para-hydroxylation sites is 1. The van der Waals surface area contributed by atoms with Gasteiger partial charge in [0.1, 0.15) is 24.0 Å². The van der Waals surface area contributed by atoms with Crippen LogP contribution in [0.4, 0.5) is 5.82 Å². The summed E-state index contributed by atoms with van der Waals surface area (Å²) in [6, 6.07) is 9.97. The topological polar surface area (TPSA) is 56.3 Å². The largest absolute Gasteiger partial charge is 0.488 e. The van der Waals surface area contributed by atoms with Crippen molar-refractivity contribution in [2.24, 2.45) is 0 Å². The Morgan fingerprint density at radius 2 is 2.24 bits per heavy atom. The lowest BCUT2D eigenvalue weighted by molar-refractivity contribution is 0.246. The maximum absolute atomic E-state index is 5.89. The van der Waals surface area contributed by atoms with Gasteiger partial charge in [0, 0.05) is 12.5 Å². The molecule has 0 aliphatic carbocycles. The number of rotatable bonds is 6. The molecule has 0 radical (unpaired) electrons. The Balaban J connectivity index is 1.54. The van der Waals surface area contributed by atoms with Gasteiger partial charge in [0.15, 0.2) is 0 Å². The van der Waals surface area contributed by atoms with E-state index in [9.17, 15) is 0 Å². The molecule has 1 atom stereocenters. The first kappa shape index (κ1) is 13.7. The molecule has 1 aromatic carbocycles. The predicted octanol–water partition coefficient (Wildman–Crippen LogP) is 2.68. The Kier molecular flexibility index (Phi) is 4.19. The van der Waals surface area contributed by atoms with E-state index < -0.39 is 0 Å². The molecule has 21 heavy (non-hydrogen) atoms. The van der Waals surface area contributed by atoms with Crippen LogP contribution in [0.5, 0.6) is 11.6 Å². The van der Waals surface area contributed by atoms with E-state index in [1.54, 1.807) is 0 Å². The highest BCUT2D eigenvalue weighted by Crippen LogP contribution is 2.28. The summed E-state index contributed by atoms with van der Waals surface area (Å²) in [6.45, 7) is 3.44. The van der Waals surface area contributed by atoms with Crippen LogP contribution in [0.3, 0.4) is 0 Å². The van der Waals surface area contributed by atoms with Crippen molar-refractivity contribution in [3.05, 3.63) is 42.2 Å². The van der Waals surface area contributed by atoms with Crippen LogP contribution in [-0.2, 0) is 6.42 Å². The number of aromatic nitrogens is 2. The van der Waals surface area contributed by atoms with Gasteiger partial charge in [0.2, 0.25) is 5.88 Å². The summed E-state index contributed by atoms with van der Waals surface area (Å²) >= 11 is 0. The van der Waals surface area contributed by atoms with E-state index in [2.05, 4.69) is 28.3 Å². The zero-order chi connectivity index (χ0) is 14.5. The molecule has 2 aromatic rings. The molecule has 2 heterocycles. The molecule has 3 rings (SSSR count). The minimum atomic E-state index is 0.136. The lowest BCUT2D eigenvalue weighted by atomic mass is 10.1. The van der Waals surface area contributed by atoms with E-state index in [0.29, 0.717) is 19.0 Å². The van der Waals surface area contributed by atoms with Crippen LogP contribution in [-0.4, -0.2) is 29.2 Å². The van der Waals surface area contributed by atoms with E-state index in [-0.39, 0.29) is 6.10 Å². The van der Waals surface area contributed by atoms with Crippen LogP contribution in [0.1, 0.15) is 18.9 Å². The number of hydrogen-bond acceptors (Lipinski definition) is 5. The quantitative estimate of drug-likeness (QED) is 0.884. The molecule has 110 valence electrons. The molecule has 0 bridgehead atoms. The van der Waals surface area contributed by atoms with Gasteiger partial charge in [-0.1, -0.05) is 25.1 Å². The zero-order valence-corrected chi connectivity index (χ0v) is 12.1. The molecule has 1 aromatic heterocycles. The molecular formula is C16H19N3O2. The highest BCUT2D eigenvalue weighted by atomic mass is 16.5. The second-order valence-electron chi connectivity index (χ2n) is 5.02. The second kappa shape index (κ2) is 6.43. The first-order valence-corrected chi connectivity index (χ1v) is 7.28. The predicted molar refractivity (Wildman–Crippen MR) is 80.9 cm³/mol. The van der Waals surface area contributed by atoms with E-state index >= 15 is 0 Å². The second-order valence-corrected chi connectivity index (χ2v) is 5.02. The number of hydrogen-bond donors (Lipinski definition) is 1. The number of anilines is 1. The molecule has 5 heteroatoms. The van der Waals surface area contributed by atoms with Crippen molar-refractivity contribution in [2.75, 3.05) is 18.5 Å². The minimum absolute atomic E-state index is 0.136. The first-order chi connectivity index (χ1) is 10.3. The lowest BCUT2D eigenvalue weighted by Gasteiger charge is -2.12. The third-order valence-corrected chi connectivity index (χ3v) is 3.32. The molecular weight excluding hydrogens is 266 g/mol. The number of nitrogens with one attached hydrogen (secondary N) is 1. The summed E-state index contributed by atoms with van der Waals surface area (Å²) < 4.78 is 11.4. The van der Waals surface area contributed by atoms with Gasteiger partial charge >= 0.3 is 0 Å². The Labute approximate surface area is 124 Å². The van der Waals surface area contributed by atoms with E-state index in [1.165, 1.54) is 11.9 Å². The molecule has 0 saturated carbocycles. The molecule has 0 fully saturated rings. The van der Waals surface area contributed by atoms with Gasteiger partial charge in [0.25, 0.3) is 0 Å². The first-order valence-electron chi connectivity index (χ1n) is 7.28. The number of nitrogens with zero attached hydrogens (tertiary/aromatic N) is 2. The summed E-state index contributed by atoms with van der Waals surface area (Å²) in [6.07, 6.45) is 3.53. The SMILES string of the molecule is CCCOc1cc(NCC2Cc3ccccc3O2)ncn1. The molecule has 0 saturated heterocycles. The fraction of sp³-hybridized carbons (Fsp3) is 0.375. The summed E-state index contributed by atoms with van der Waals surface area (Å²) in [5.41, 5.74) is 1.26. The highest BCUT2D eigenvalue weighted by Gasteiger charge is 2.21. The Hall–Kier alpha value is -2.30. The van der Waals surface area contributed by atoms with Crippen LogP contribution in [0.25, 0.3) is 0 Å². The lowest BCUT2D eigenvalue weighted by Crippen LogP contribution is -2.24. The van der Waals surface area contributed by atoms with Crippen molar-refractivity contribution in [1.82, 2.24) is 9.97 Å². The van der Waals surface area contributed by atoms with Gasteiger partial charge in [-0.2, -0.15) is 0 Å². The van der Waals surface area contributed by atoms with Gasteiger partial charge in [-0.05, 0) is 18.1 Å². The molecule has 1 unspecified atom stereocenters. The summed E-state index contributed by atoms with van der Waals surface area (Å²) in [5, 5.41) is 3.28. The van der Waals surface area contributed by atoms with Crippen LogP contribution in [0, 0.1) is 0 Å². The maximum Gasteiger partial charge on any atom is 0.218 e. The molecule has 0 amide bonds. The standard InChI is InChI=1S/C16H19N3O2/c1-2-7-20-16-9-15(18-11-19-16)17-10-13-8-12-5-3-4-6-14(12)21-13/h3-6,9,11,13H,2,7-8,10H2,1H3,(H,17,18,19). The smallest absolute Gasteiger partial charge is 0.218 e. The van der Waals surface area contributed by atoms with Crippen molar-refractivity contribution in [2.45, 2.75) is 25.9 Å². The van der Waals surface area contributed by atoms with Gasteiger partial charge in [0.05, 0.1) is 13.2 Å². The molecule has 1 aliphatic heterocycles. The molecule has 1 aliphatic rings. The number of fused-ring (bicyclic) bond motifs is 1. The third kappa shape index (κ3) is 3.42. The maximum atomic E-state index is 5.89. The average Bonchev–Trinajstić information content (AvgIpc) is 2.94. The molecule has 5 nitrogen and oxygen atoms in total. The Bertz CT molecular complexity index is 579. The van der Waals surface area contributed by atoms with E-state index in [0.717, 1.165) is 24.4 Å². The summed E-state index contributed by atoms with van der Waals surface area (Å²) in [7, 11) is 0. The van der Waals surface area contributed by atoms with Gasteiger partial charge in [-0.15, -0.1) is 0 Å². The highest BCUT2D eigenvalue weighted by molar-refractivity contribution is 5.40.